The molecular weight excluding hydrogens is 835 g/mol. The molecule has 0 unspecified atom stereocenters. The number of urea groups is 1. The van der Waals surface area contributed by atoms with E-state index in [4.69, 9.17) is 21.7 Å². The second-order valence-electron chi connectivity index (χ2n) is 13.2. The molecule has 0 aromatic heterocycles. The molecule has 2 atom stereocenters. The Morgan fingerprint density at radius 1 is 0.893 bits per heavy atom. The number of halogens is 1. The summed E-state index contributed by atoms with van der Waals surface area (Å²) in [5.74, 6) is -2.43. The van der Waals surface area contributed by atoms with Gasteiger partial charge in [-0.15, -0.1) is 0 Å². The van der Waals surface area contributed by atoms with Gasteiger partial charge in [-0.05, 0) is 48.1 Å². The minimum atomic E-state index is -1.07. The molecule has 1 heterocycles. The first-order chi connectivity index (χ1) is 26.8. The molecule has 17 nitrogen and oxygen atoms in total. The molecule has 296 valence electrons. The minimum Gasteiger partial charge on any atom is -0.445 e. The van der Waals surface area contributed by atoms with E-state index in [-0.39, 0.29) is 44.9 Å². The SMILES string of the molecule is CC(C)[C@H](NC(=O)CCC(=O)N1Cc2ccccc2/C(N=N)=C(/NI)c2ccccc21)C(=O)N[C@@H](CCCNC(N)=O)C(=O)Nc1ccc(COC(N)=O)cc1. The van der Waals surface area contributed by atoms with E-state index in [0.29, 0.717) is 45.9 Å². The van der Waals surface area contributed by atoms with E-state index in [9.17, 15) is 28.8 Å². The number of hydrogen-bond acceptors (Lipinski definition) is 10. The van der Waals surface area contributed by atoms with Gasteiger partial charge in [-0.1, -0.05) is 68.4 Å². The van der Waals surface area contributed by atoms with Gasteiger partial charge in [0.15, 0.2) is 0 Å². The number of amides is 7. The Kier molecular flexibility index (Phi) is 15.7. The molecule has 0 aliphatic carbocycles. The predicted octanol–water partition coefficient (Wildman–Crippen LogP) is 4.42. The maximum Gasteiger partial charge on any atom is 0.404 e. The largest absolute Gasteiger partial charge is 0.445 e. The lowest BCUT2D eigenvalue weighted by Gasteiger charge is -2.30. The average Bonchev–Trinajstić information content (AvgIpc) is 3.17. The van der Waals surface area contributed by atoms with Crippen molar-refractivity contribution in [2.45, 2.75) is 64.8 Å². The molecule has 1 aliphatic rings. The van der Waals surface area contributed by atoms with Crippen LogP contribution in [0.25, 0.3) is 11.4 Å². The summed E-state index contributed by atoms with van der Waals surface area (Å²) in [5, 5.41) is 14.5. The van der Waals surface area contributed by atoms with Gasteiger partial charge in [0.1, 0.15) is 24.4 Å². The van der Waals surface area contributed by atoms with Crippen molar-refractivity contribution in [3.63, 3.8) is 0 Å². The zero-order valence-corrected chi connectivity index (χ0v) is 33.1. The number of primary amides is 2. The monoisotopic (exact) mass is 880 g/mol. The molecule has 10 N–H and O–H groups in total. The van der Waals surface area contributed by atoms with Crippen LogP contribution in [0.1, 0.15) is 61.8 Å². The number of hydrogen-bond donors (Lipinski definition) is 8. The van der Waals surface area contributed by atoms with E-state index >= 15 is 0 Å². The molecule has 1 aliphatic heterocycles. The summed E-state index contributed by atoms with van der Waals surface area (Å²) < 4.78 is 7.89. The van der Waals surface area contributed by atoms with E-state index in [1.165, 1.54) is 0 Å². The summed E-state index contributed by atoms with van der Waals surface area (Å²) in [6.07, 6.45) is -0.904. The number of anilines is 2. The molecule has 4 rings (SSSR count). The van der Waals surface area contributed by atoms with E-state index in [2.05, 4.69) is 29.9 Å². The highest BCUT2D eigenvalue weighted by molar-refractivity contribution is 14.1. The number of nitrogens with two attached hydrogens (primary N) is 2. The van der Waals surface area contributed by atoms with Crippen molar-refractivity contribution in [3.8, 4) is 0 Å². The Hall–Kier alpha value is -6.05. The van der Waals surface area contributed by atoms with Crippen LogP contribution in [0, 0.1) is 11.4 Å². The van der Waals surface area contributed by atoms with Gasteiger partial charge in [-0.3, -0.25) is 19.2 Å². The van der Waals surface area contributed by atoms with Gasteiger partial charge in [0.25, 0.3) is 0 Å². The van der Waals surface area contributed by atoms with Crippen molar-refractivity contribution in [1.29, 1.82) is 5.53 Å². The van der Waals surface area contributed by atoms with E-state index < -0.39 is 47.8 Å². The van der Waals surface area contributed by atoms with Crippen LogP contribution in [-0.4, -0.2) is 54.4 Å². The third kappa shape index (κ3) is 11.7. The molecule has 0 spiro atoms. The number of benzene rings is 3. The smallest absolute Gasteiger partial charge is 0.404 e. The van der Waals surface area contributed by atoms with Crippen molar-refractivity contribution < 1.29 is 33.5 Å². The lowest BCUT2D eigenvalue weighted by molar-refractivity contribution is -0.132. The van der Waals surface area contributed by atoms with Crippen LogP contribution in [0.4, 0.5) is 21.0 Å². The van der Waals surface area contributed by atoms with Crippen LogP contribution in [0.3, 0.4) is 0 Å². The number of nitrogens with zero attached hydrogens (tertiary/aromatic N) is 2. The van der Waals surface area contributed by atoms with Crippen LogP contribution in [0.15, 0.2) is 77.9 Å². The fraction of sp³-hybridized carbons (Fsp3) is 0.316. The number of carbonyl (C=O) groups is 6. The Labute approximate surface area is 337 Å². The average molecular weight is 881 g/mol. The molecule has 7 amide bonds. The number of ether oxygens (including phenoxy) is 1. The van der Waals surface area contributed by atoms with Gasteiger partial charge in [0.05, 0.1) is 40.8 Å². The van der Waals surface area contributed by atoms with Crippen LogP contribution in [0.5, 0.6) is 0 Å². The fourth-order valence-corrected chi connectivity index (χ4v) is 6.56. The molecular formula is C38H45IN10O7. The van der Waals surface area contributed by atoms with Gasteiger partial charge in [-0.2, -0.15) is 5.11 Å². The van der Waals surface area contributed by atoms with Gasteiger partial charge >= 0.3 is 12.1 Å². The highest BCUT2D eigenvalue weighted by atomic mass is 127. The molecule has 0 fully saturated rings. The van der Waals surface area contributed by atoms with Crippen molar-refractivity contribution in [1.82, 2.24) is 19.5 Å². The summed E-state index contributed by atoms with van der Waals surface area (Å²) in [6.45, 7) is 3.76. The second kappa shape index (κ2) is 20.6. The lowest BCUT2D eigenvalue weighted by Crippen LogP contribution is -2.54. The third-order valence-electron chi connectivity index (χ3n) is 8.85. The predicted molar refractivity (Wildman–Crippen MR) is 217 cm³/mol. The standard InChI is InChI=1S/C38H45IN10O7/c1-22(2)32(36(53)45-28(11-7-19-43-37(40)54)35(52)44-25-15-13-23(14-16-25)21-56-38(41)55)46-30(50)17-18-31(51)49-20-24-8-3-4-9-26(24)34(48-42)33(47-39)27-10-5-6-12-29(27)49/h3-6,8-10,12-16,22,28,32,42,47H,7,11,17-21H2,1-2H3,(H2,41,55)(H,44,52)(H,45,53)(H,46,50)(H3,40,43,54)/b34-33-,48-42?/t28-,32-/m0/s1. The Morgan fingerprint density at radius 2 is 1.57 bits per heavy atom. The number of para-hydroxylation sites is 1. The quantitative estimate of drug-likeness (QED) is 0.0416. The minimum absolute atomic E-state index is 0.0495. The van der Waals surface area contributed by atoms with E-state index in [1.807, 2.05) is 59.3 Å². The van der Waals surface area contributed by atoms with Gasteiger partial charge in [0.2, 0.25) is 23.6 Å². The number of rotatable bonds is 17. The Balaban J connectivity index is 1.45. The highest BCUT2D eigenvalue weighted by Gasteiger charge is 2.31. The summed E-state index contributed by atoms with van der Waals surface area (Å²) in [7, 11) is 0. The zero-order chi connectivity index (χ0) is 40.8. The summed E-state index contributed by atoms with van der Waals surface area (Å²) in [5.41, 5.74) is 22.8. The molecule has 0 radical (unpaired) electrons. The summed E-state index contributed by atoms with van der Waals surface area (Å²) >= 11 is 1.97. The third-order valence-corrected chi connectivity index (χ3v) is 9.38. The summed E-state index contributed by atoms with van der Waals surface area (Å²) in [4.78, 5) is 78.1. The number of nitrogens with one attached hydrogen (secondary N) is 6. The van der Waals surface area contributed by atoms with Gasteiger partial charge in [-0.25, -0.2) is 15.1 Å². The van der Waals surface area contributed by atoms with Crippen molar-refractivity contribution in [3.05, 3.63) is 95.1 Å². The molecule has 0 saturated heterocycles. The fourth-order valence-electron chi connectivity index (χ4n) is 6.01. The Bertz CT molecular complexity index is 1970. The normalized spacial score (nSPS) is 14.4. The first kappa shape index (κ1) is 42.7. The topological polar surface area (TPSA) is 263 Å². The first-order valence-corrected chi connectivity index (χ1v) is 18.8. The summed E-state index contributed by atoms with van der Waals surface area (Å²) in [6, 6.07) is 18.2. The first-order valence-electron chi connectivity index (χ1n) is 17.7. The maximum atomic E-state index is 13.9. The van der Waals surface area contributed by atoms with Crippen molar-refractivity contribution in [2.75, 3.05) is 16.8 Å². The van der Waals surface area contributed by atoms with Crippen LogP contribution in [0.2, 0.25) is 0 Å². The molecule has 3 aromatic carbocycles. The number of fused-ring (bicyclic) bond motifs is 2. The van der Waals surface area contributed by atoms with Gasteiger partial charge in [0, 0.05) is 36.2 Å². The second-order valence-corrected chi connectivity index (χ2v) is 13.7. The van der Waals surface area contributed by atoms with Crippen LogP contribution in [-0.2, 0) is 37.1 Å². The Morgan fingerprint density at radius 3 is 2.21 bits per heavy atom. The highest BCUT2D eigenvalue weighted by Crippen LogP contribution is 2.38. The zero-order valence-electron chi connectivity index (χ0n) is 30.9. The molecule has 18 heteroatoms. The molecule has 56 heavy (non-hydrogen) atoms. The molecule has 3 aromatic rings. The van der Waals surface area contributed by atoms with Crippen molar-refractivity contribution >= 4 is 81.4 Å². The maximum absolute atomic E-state index is 13.9. The van der Waals surface area contributed by atoms with E-state index in [1.54, 1.807) is 55.1 Å². The molecule has 0 bridgehead atoms. The van der Waals surface area contributed by atoms with Gasteiger partial charge < -0.3 is 45.9 Å². The van der Waals surface area contributed by atoms with Crippen molar-refractivity contribution in [2.24, 2.45) is 22.5 Å². The molecule has 0 saturated carbocycles. The number of carbonyl (C=O) groups excluding carboxylic acids is 6. The van der Waals surface area contributed by atoms with E-state index in [0.717, 1.165) is 5.56 Å². The van der Waals surface area contributed by atoms with Crippen LogP contribution >= 0.6 is 22.9 Å². The lowest BCUT2D eigenvalue weighted by atomic mass is 9.96. The van der Waals surface area contributed by atoms with Crippen LogP contribution < -0.4 is 41.2 Å².